The second kappa shape index (κ2) is 6.89. The smallest absolute Gasteiger partial charge is 0.354 e. The Hall–Kier alpha value is -1.63. The van der Waals surface area contributed by atoms with Crippen LogP contribution >= 0.6 is 0 Å². The zero-order valence-electron chi connectivity index (χ0n) is 11.8. The summed E-state index contributed by atoms with van der Waals surface area (Å²) in [5.74, 6) is -2.04. The van der Waals surface area contributed by atoms with Gasteiger partial charge in [-0.15, -0.1) is 0 Å². The molecule has 1 aromatic carbocycles. The number of nitrogens with one attached hydrogen (secondary N) is 1. The summed E-state index contributed by atoms with van der Waals surface area (Å²) in [5.41, 5.74) is 4.50. The highest BCUT2D eigenvalue weighted by Gasteiger charge is 2.31. The van der Waals surface area contributed by atoms with E-state index >= 15 is 0 Å². The third-order valence-electron chi connectivity index (χ3n) is 2.85. The van der Waals surface area contributed by atoms with Crippen molar-refractivity contribution in [3.8, 4) is 0 Å². The number of benzene rings is 1. The van der Waals surface area contributed by atoms with Crippen molar-refractivity contribution in [2.45, 2.75) is 32.5 Å². The summed E-state index contributed by atoms with van der Waals surface area (Å²) in [6.07, 6.45) is -4.68. The summed E-state index contributed by atoms with van der Waals surface area (Å²) in [4.78, 5) is 11.8. The number of halogens is 4. The van der Waals surface area contributed by atoms with Crippen molar-refractivity contribution in [1.82, 2.24) is 5.32 Å². The molecule has 0 heterocycles. The molecule has 0 aliphatic carbocycles. The zero-order chi connectivity index (χ0) is 16.2. The van der Waals surface area contributed by atoms with Gasteiger partial charge in [0.25, 0.3) is 0 Å². The standard InChI is InChI=1S/C14H18F4N2O/c1-8(2)20-13(21)10(7-19)3-9-4-11(14(16,17)18)6-12(15)5-9/h4-6,8,10H,3,7,19H2,1-2H3,(H,20,21). The Bertz CT molecular complexity index is 500. The van der Waals surface area contributed by atoms with E-state index in [9.17, 15) is 22.4 Å². The second-order valence-electron chi connectivity index (χ2n) is 5.15. The van der Waals surface area contributed by atoms with E-state index in [-0.39, 0.29) is 30.5 Å². The van der Waals surface area contributed by atoms with Crippen molar-refractivity contribution in [1.29, 1.82) is 0 Å². The van der Waals surface area contributed by atoms with Gasteiger partial charge in [-0.25, -0.2) is 4.39 Å². The fourth-order valence-corrected chi connectivity index (χ4v) is 1.90. The summed E-state index contributed by atoms with van der Waals surface area (Å²) in [6, 6.07) is 2.15. The largest absolute Gasteiger partial charge is 0.416 e. The molecule has 0 fully saturated rings. The van der Waals surface area contributed by atoms with Crippen LogP contribution in [0, 0.1) is 11.7 Å². The predicted octanol–water partition coefficient (Wildman–Crippen LogP) is 2.49. The number of carbonyl (C=O) groups excluding carboxylic acids is 1. The average Bonchev–Trinajstić information content (AvgIpc) is 2.33. The molecule has 3 N–H and O–H groups in total. The third-order valence-corrected chi connectivity index (χ3v) is 2.85. The van der Waals surface area contributed by atoms with Gasteiger partial charge < -0.3 is 11.1 Å². The summed E-state index contributed by atoms with van der Waals surface area (Å²) in [6.45, 7) is 3.49. The summed E-state index contributed by atoms with van der Waals surface area (Å²) >= 11 is 0. The highest BCUT2D eigenvalue weighted by Crippen LogP contribution is 2.30. The number of nitrogens with two attached hydrogens (primary N) is 1. The lowest BCUT2D eigenvalue weighted by Crippen LogP contribution is -2.39. The summed E-state index contributed by atoms with van der Waals surface area (Å²) in [7, 11) is 0. The SMILES string of the molecule is CC(C)NC(=O)C(CN)Cc1cc(F)cc(C(F)(F)F)c1. The van der Waals surface area contributed by atoms with Crippen molar-refractivity contribution in [2.75, 3.05) is 6.54 Å². The zero-order valence-corrected chi connectivity index (χ0v) is 11.8. The van der Waals surface area contributed by atoms with Gasteiger partial charge in [0, 0.05) is 12.6 Å². The van der Waals surface area contributed by atoms with E-state index in [1.807, 2.05) is 0 Å². The molecule has 1 amide bonds. The molecule has 7 heteroatoms. The van der Waals surface area contributed by atoms with E-state index in [4.69, 9.17) is 5.73 Å². The molecule has 0 radical (unpaired) electrons. The van der Waals surface area contributed by atoms with Gasteiger partial charge in [0.1, 0.15) is 5.82 Å². The van der Waals surface area contributed by atoms with Crippen LogP contribution in [0.5, 0.6) is 0 Å². The first-order valence-electron chi connectivity index (χ1n) is 6.50. The highest BCUT2D eigenvalue weighted by atomic mass is 19.4. The molecule has 21 heavy (non-hydrogen) atoms. The number of carbonyl (C=O) groups is 1. The minimum absolute atomic E-state index is 0.0313. The Kier molecular flexibility index (Phi) is 5.71. The van der Waals surface area contributed by atoms with E-state index in [0.29, 0.717) is 6.07 Å². The fourth-order valence-electron chi connectivity index (χ4n) is 1.90. The van der Waals surface area contributed by atoms with Gasteiger partial charge in [-0.2, -0.15) is 13.2 Å². The van der Waals surface area contributed by atoms with E-state index in [2.05, 4.69) is 5.32 Å². The molecule has 0 aliphatic rings. The van der Waals surface area contributed by atoms with E-state index in [0.717, 1.165) is 12.1 Å². The van der Waals surface area contributed by atoms with Crippen LogP contribution < -0.4 is 11.1 Å². The second-order valence-corrected chi connectivity index (χ2v) is 5.15. The Labute approximate surface area is 120 Å². The molecule has 0 saturated heterocycles. The van der Waals surface area contributed by atoms with Gasteiger partial charge in [-0.05, 0) is 44.0 Å². The molecule has 3 nitrogen and oxygen atoms in total. The van der Waals surface area contributed by atoms with Crippen LogP contribution in [0.1, 0.15) is 25.0 Å². The lowest BCUT2D eigenvalue weighted by molar-refractivity contribution is -0.137. The summed E-state index contributed by atoms with van der Waals surface area (Å²) < 4.78 is 51.2. The Morgan fingerprint density at radius 1 is 1.29 bits per heavy atom. The molecule has 1 rings (SSSR count). The van der Waals surface area contributed by atoms with Crippen molar-refractivity contribution < 1.29 is 22.4 Å². The number of alkyl halides is 3. The average molecular weight is 306 g/mol. The van der Waals surface area contributed by atoms with Gasteiger partial charge in [0.2, 0.25) is 5.91 Å². The number of amides is 1. The van der Waals surface area contributed by atoms with Crippen molar-refractivity contribution in [2.24, 2.45) is 11.7 Å². The Balaban J connectivity index is 2.95. The minimum atomic E-state index is -4.63. The van der Waals surface area contributed by atoms with Crippen LogP contribution in [0.25, 0.3) is 0 Å². The van der Waals surface area contributed by atoms with Crippen LogP contribution in [0.4, 0.5) is 17.6 Å². The number of rotatable bonds is 5. The quantitative estimate of drug-likeness (QED) is 0.821. The number of hydrogen-bond acceptors (Lipinski definition) is 2. The van der Waals surface area contributed by atoms with Crippen molar-refractivity contribution in [3.63, 3.8) is 0 Å². The monoisotopic (exact) mass is 306 g/mol. The molecular weight excluding hydrogens is 288 g/mol. The minimum Gasteiger partial charge on any atom is -0.354 e. The van der Waals surface area contributed by atoms with E-state index < -0.39 is 23.5 Å². The Morgan fingerprint density at radius 2 is 1.90 bits per heavy atom. The first-order valence-corrected chi connectivity index (χ1v) is 6.50. The Morgan fingerprint density at radius 3 is 2.38 bits per heavy atom. The fraction of sp³-hybridized carbons (Fsp3) is 0.500. The van der Waals surface area contributed by atoms with Crippen LogP contribution in [0.3, 0.4) is 0 Å². The summed E-state index contributed by atoms with van der Waals surface area (Å²) in [5, 5.41) is 2.64. The molecule has 1 aromatic rings. The van der Waals surface area contributed by atoms with Crippen LogP contribution in [-0.2, 0) is 17.4 Å². The molecule has 0 spiro atoms. The molecule has 0 saturated carbocycles. The topological polar surface area (TPSA) is 55.1 Å². The normalized spacial score (nSPS) is 13.3. The predicted molar refractivity (Wildman–Crippen MR) is 70.9 cm³/mol. The molecule has 118 valence electrons. The van der Waals surface area contributed by atoms with Crippen molar-refractivity contribution in [3.05, 3.63) is 35.1 Å². The molecule has 1 unspecified atom stereocenters. The molecule has 0 aliphatic heterocycles. The number of hydrogen-bond donors (Lipinski definition) is 2. The first kappa shape index (κ1) is 17.4. The molecule has 1 atom stereocenters. The van der Waals surface area contributed by atoms with Gasteiger partial charge in [0.15, 0.2) is 0 Å². The van der Waals surface area contributed by atoms with Crippen LogP contribution in [0.15, 0.2) is 18.2 Å². The molecular formula is C14H18F4N2O. The maximum atomic E-state index is 13.3. The highest BCUT2D eigenvalue weighted by molar-refractivity contribution is 5.79. The molecule has 0 aromatic heterocycles. The van der Waals surface area contributed by atoms with Crippen LogP contribution in [0.2, 0.25) is 0 Å². The van der Waals surface area contributed by atoms with Gasteiger partial charge >= 0.3 is 6.18 Å². The maximum Gasteiger partial charge on any atom is 0.416 e. The van der Waals surface area contributed by atoms with Crippen molar-refractivity contribution >= 4 is 5.91 Å². The lowest BCUT2D eigenvalue weighted by Gasteiger charge is -2.17. The third kappa shape index (κ3) is 5.34. The van der Waals surface area contributed by atoms with Gasteiger partial charge in [-0.1, -0.05) is 0 Å². The van der Waals surface area contributed by atoms with Gasteiger partial charge in [0.05, 0.1) is 11.5 Å². The van der Waals surface area contributed by atoms with E-state index in [1.165, 1.54) is 0 Å². The van der Waals surface area contributed by atoms with Gasteiger partial charge in [-0.3, -0.25) is 4.79 Å². The lowest BCUT2D eigenvalue weighted by atomic mass is 9.96. The van der Waals surface area contributed by atoms with E-state index in [1.54, 1.807) is 13.8 Å². The molecule has 0 bridgehead atoms. The first-order chi connectivity index (χ1) is 9.63. The maximum absolute atomic E-state index is 13.3. The van der Waals surface area contributed by atoms with Crippen LogP contribution in [-0.4, -0.2) is 18.5 Å².